The van der Waals surface area contributed by atoms with E-state index in [4.69, 9.17) is 9.47 Å². The van der Waals surface area contributed by atoms with E-state index in [0.29, 0.717) is 24.7 Å². The van der Waals surface area contributed by atoms with E-state index in [2.05, 4.69) is 20.5 Å². The molecular formula is C22H27FN4O3. The molecule has 0 aromatic heterocycles. The number of halogens is 1. The van der Waals surface area contributed by atoms with Crippen molar-refractivity contribution in [1.82, 2.24) is 10.2 Å². The fourth-order valence-electron chi connectivity index (χ4n) is 2.96. The lowest BCUT2D eigenvalue weighted by Crippen LogP contribution is -2.39. The highest BCUT2D eigenvalue weighted by Crippen LogP contribution is 2.15. The maximum atomic E-state index is 13.1. The van der Waals surface area contributed by atoms with Crippen molar-refractivity contribution in [2.45, 2.75) is 6.92 Å². The Morgan fingerprint density at radius 3 is 2.50 bits per heavy atom. The van der Waals surface area contributed by atoms with Crippen molar-refractivity contribution in [1.29, 1.82) is 0 Å². The first-order chi connectivity index (χ1) is 14.6. The highest BCUT2D eigenvalue weighted by molar-refractivity contribution is 6.09. The first-order valence-electron chi connectivity index (χ1n) is 10.1. The first-order valence-corrected chi connectivity index (χ1v) is 10.1. The zero-order valence-electron chi connectivity index (χ0n) is 17.1. The van der Waals surface area contributed by atoms with Crippen LogP contribution in [0.15, 0.2) is 53.5 Å². The molecule has 3 rings (SSSR count). The average Bonchev–Trinajstić information content (AvgIpc) is 2.76. The third-order valence-corrected chi connectivity index (χ3v) is 4.56. The van der Waals surface area contributed by atoms with Gasteiger partial charge in [-0.2, -0.15) is 0 Å². The van der Waals surface area contributed by atoms with Gasteiger partial charge >= 0.3 is 0 Å². The van der Waals surface area contributed by atoms with Crippen LogP contribution in [0.4, 0.5) is 10.1 Å². The molecule has 30 heavy (non-hydrogen) atoms. The molecule has 2 aromatic carbocycles. The second-order valence-electron chi connectivity index (χ2n) is 6.73. The van der Waals surface area contributed by atoms with Gasteiger partial charge in [-0.3, -0.25) is 20.0 Å². The largest absolute Gasteiger partial charge is 0.494 e. The number of nitrogens with one attached hydrogen (secondary N) is 2. The number of amides is 1. The van der Waals surface area contributed by atoms with E-state index < -0.39 is 5.82 Å². The van der Waals surface area contributed by atoms with Crippen LogP contribution in [0.5, 0.6) is 5.75 Å². The number of rotatable bonds is 7. The lowest BCUT2D eigenvalue weighted by molar-refractivity contribution is 0.0394. The monoisotopic (exact) mass is 414 g/mol. The molecule has 0 bridgehead atoms. The number of nitrogens with zero attached hydrogens (tertiary/aromatic N) is 2. The van der Waals surface area contributed by atoms with Crippen molar-refractivity contribution in [2.75, 3.05) is 51.3 Å². The number of hydrogen-bond acceptors (Lipinski definition) is 5. The number of aliphatic imine (C=N–C) groups is 1. The summed E-state index contributed by atoms with van der Waals surface area (Å²) in [6.07, 6.45) is 0. The molecule has 1 aliphatic rings. The fourth-order valence-corrected chi connectivity index (χ4v) is 2.96. The van der Waals surface area contributed by atoms with Gasteiger partial charge in [0.15, 0.2) is 0 Å². The Kier molecular flexibility index (Phi) is 8.17. The summed E-state index contributed by atoms with van der Waals surface area (Å²) >= 11 is 0. The number of benzene rings is 2. The third-order valence-electron chi connectivity index (χ3n) is 4.56. The molecule has 0 spiro atoms. The van der Waals surface area contributed by atoms with Gasteiger partial charge in [0.2, 0.25) is 5.96 Å². The normalized spacial score (nSPS) is 14.9. The molecule has 1 aliphatic heterocycles. The van der Waals surface area contributed by atoms with Gasteiger partial charge in [-0.05, 0) is 55.5 Å². The molecule has 1 amide bonds. The Bertz CT molecular complexity index is 834. The van der Waals surface area contributed by atoms with Gasteiger partial charge in [0, 0.05) is 30.9 Å². The van der Waals surface area contributed by atoms with Crippen LogP contribution < -0.4 is 15.4 Å². The van der Waals surface area contributed by atoms with Gasteiger partial charge in [0.1, 0.15) is 11.6 Å². The van der Waals surface area contributed by atoms with Crippen molar-refractivity contribution in [3.63, 3.8) is 0 Å². The zero-order valence-corrected chi connectivity index (χ0v) is 17.1. The van der Waals surface area contributed by atoms with Crippen molar-refractivity contribution in [3.05, 3.63) is 59.9 Å². The van der Waals surface area contributed by atoms with E-state index in [0.717, 1.165) is 44.3 Å². The van der Waals surface area contributed by atoms with Crippen LogP contribution in [-0.4, -0.2) is 62.8 Å². The number of morpholine rings is 1. The average molecular weight is 414 g/mol. The van der Waals surface area contributed by atoms with Gasteiger partial charge in [-0.1, -0.05) is 0 Å². The smallest absolute Gasteiger partial charge is 0.257 e. The number of anilines is 1. The zero-order chi connectivity index (χ0) is 21.2. The molecule has 1 fully saturated rings. The minimum absolute atomic E-state index is 0.335. The van der Waals surface area contributed by atoms with E-state index in [1.165, 1.54) is 24.3 Å². The summed E-state index contributed by atoms with van der Waals surface area (Å²) in [5.74, 6) is 0.350. The quantitative estimate of drug-likeness (QED) is 0.538. The van der Waals surface area contributed by atoms with Crippen molar-refractivity contribution < 1.29 is 18.7 Å². The highest BCUT2D eigenvalue weighted by atomic mass is 19.1. The van der Waals surface area contributed by atoms with Crippen molar-refractivity contribution in [2.24, 2.45) is 4.99 Å². The molecular weight excluding hydrogens is 387 g/mol. The van der Waals surface area contributed by atoms with Gasteiger partial charge in [0.05, 0.1) is 26.4 Å². The Hall–Kier alpha value is -2.97. The summed E-state index contributed by atoms with van der Waals surface area (Å²) < 4.78 is 24.0. The second-order valence-corrected chi connectivity index (χ2v) is 6.73. The summed E-state index contributed by atoms with van der Waals surface area (Å²) in [6.45, 7) is 7.00. The van der Waals surface area contributed by atoms with Gasteiger partial charge in [-0.15, -0.1) is 0 Å². The van der Waals surface area contributed by atoms with Gasteiger partial charge in [0.25, 0.3) is 5.91 Å². The topological polar surface area (TPSA) is 75.2 Å². The van der Waals surface area contributed by atoms with E-state index in [1.54, 1.807) is 0 Å². The SMILES string of the molecule is CCOc1ccc(NC(=NCCN2CCOCC2)NC(=O)c2ccc(F)cc2)cc1. The Morgan fingerprint density at radius 2 is 1.83 bits per heavy atom. The van der Waals surface area contributed by atoms with Crippen LogP contribution in [0.2, 0.25) is 0 Å². The Labute approximate surface area is 175 Å². The number of carbonyl (C=O) groups excluding carboxylic acids is 1. The van der Waals surface area contributed by atoms with Crippen LogP contribution in [0.3, 0.4) is 0 Å². The van der Waals surface area contributed by atoms with Crippen molar-refractivity contribution >= 4 is 17.6 Å². The van der Waals surface area contributed by atoms with Gasteiger partial charge < -0.3 is 14.8 Å². The lowest BCUT2D eigenvalue weighted by Gasteiger charge is -2.25. The predicted octanol–water partition coefficient (Wildman–Crippen LogP) is 2.75. The number of carbonyl (C=O) groups is 1. The maximum absolute atomic E-state index is 13.1. The molecule has 2 aromatic rings. The molecule has 7 nitrogen and oxygen atoms in total. The minimum atomic E-state index is -0.390. The predicted molar refractivity (Wildman–Crippen MR) is 115 cm³/mol. The molecule has 0 aliphatic carbocycles. The van der Waals surface area contributed by atoms with E-state index in [9.17, 15) is 9.18 Å². The molecule has 0 unspecified atom stereocenters. The van der Waals surface area contributed by atoms with Crippen LogP contribution in [0.1, 0.15) is 17.3 Å². The van der Waals surface area contributed by atoms with Crippen LogP contribution >= 0.6 is 0 Å². The fraction of sp³-hybridized carbons (Fsp3) is 0.364. The molecule has 0 atom stereocenters. The maximum Gasteiger partial charge on any atom is 0.257 e. The minimum Gasteiger partial charge on any atom is -0.494 e. The second kappa shape index (κ2) is 11.3. The number of ether oxygens (including phenoxy) is 2. The molecule has 2 N–H and O–H groups in total. The molecule has 0 radical (unpaired) electrons. The molecule has 8 heteroatoms. The number of guanidine groups is 1. The Balaban J connectivity index is 1.67. The first kappa shape index (κ1) is 21.7. The third kappa shape index (κ3) is 6.82. The van der Waals surface area contributed by atoms with Crippen molar-refractivity contribution in [3.8, 4) is 5.75 Å². The Morgan fingerprint density at radius 1 is 1.13 bits per heavy atom. The highest BCUT2D eigenvalue weighted by Gasteiger charge is 2.12. The van der Waals surface area contributed by atoms with Crippen LogP contribution in [-0.2, 0) is 4.74 Å². The molecule has 1 saturated heterocycles. The van der Waals surface area contributed by atoms with Crippen LogP contribution in [0, 0.1) is 5.82 Å². The molecule has 0 saturated carbocycles. The molecule has 1 heterocycles. The van der Waals surface area contributed by atoms with E-state index in [1.807, 2.05) is 31.2 Å². The summed E-state index contributed by atoms with van der Waals surface area (Å²) in [5.41, 5.74) is 1.12. The standard InChI is InChI=1S/C22H27FN4O3/c1-2-30-20-9-7-19(8-10-20)25-22(24-11-12-27-13-15-29-16-14-27)26-21(28)17-3-5-18(23)6-4-17/h3-10H,2,11-16H2,1H3,(H2,24,25,26,28). The summed E-state index contributed by atoms with van der Waals surface area (Å²) in [4.78, 5) is 19.4. The number of hydrogen-bond donors (Lipinski definition) is 2. The van der Waals surface area contributed by atoms with Gasteiger partial charge in [-0.25, -0.2) is 4.39 Å². The van der Waals surface area contributed by atoms with E-state index >= 15 is 0 Å². The van der Waals surface area contributed by atoms with Crippen LogP contribution in [0.25, 0.3) is 0 Å². The molecule has 160 valence electrons. The summed E-state index contributed by atoms with van der Waals surface area (Å²) in [5, 5.41) is 5.93. The summed E-state index contributed by atoms with van der Waals surface area (Å²) in [6, 6.07) is 12.8. The lowest BCUT2D eigenvalue weighted by atomic mass is 10.2. The van der Waals surface area contributed by atoms with E-state index in [-0.39, 0.29) is 5.91 Å². The summed E-state index contributed by atoms with van der Waals surface area (Å²) in [7, 11) is 0.